The van der Waals surface area contributed by atoms with E-state index in [-0.39, 0.29) is 30.8 Å². The summed E-state index contributed by atoms with van der Waals surface area (Å²) in [6.45, 7) is 2.84. The van der Waals surface area contributed by atoms with Crippen molar-refractivity contribution >= 4 is 93.4 Å². The molecular weight excluding hydrogens is 886 g/mol. The smallest absolute Gasteiger partial charge is 0.311 e. The lowest BCUT2D eigenvalue weighted by atomic mass is 10.1. The second-order valence-electron chi connectivity index (χ2n) is 14.3. The lowest BCUT2D eigenvalue weighted by Crippen LogP contribution is -2.27. The number of hydrogen-bond donors (Lipinski definition) is 0. The van der Waals surface area contributed by atoms with Crippen LogP contribution in [0.5, 0.6) is 23.0 Å². The van der Waals surface area contributed by atoms with Gasteiger partial charge in [-0.05, 0) is 109 Å². The van der Waals surface area contributed by atoms with Crippen LogP contribution in [0.25, 0.3) is 12.2 Å². The van der Waals surface area contributed by atoms with Gasteiger partial charge in [0.05, 0.1) is 20.6 Å². The average molecular weight is 941 g/mol. The number of alkyl halides is 4. The number of carbonyl (C=O) groups is 4. The van der Waals surface area contributed by atoms with Crippen molar-refractivity contribution in [2.75, 3.05) is 73.7 Å². The summed E-state index contributed by atoms with van der Waals surface area (Å²) in [6, 6.07) is 26.2. The number of esters is 2. The molecule has 0 radical (unpaired) electrons. The highest BCUT2D eigenvalue weighted by atomic mass is 35.5. The van der Waals surface area contributed by atoms with Crippen LogP contribution in [-0.2, 0) is 32.0 Å². The SMILES string of the molecule is COc1cc(/C=C/C(=O)CC(=O)/C=C/c2ccc(OC(=O)CCCc3ccc(N(CCCl)CCCl)cc3)c(OC)c2)ccc1OC(=O)CCCc1ccc(N(CCCl)CCCl)cc1. The number of rotatable bonds is 28. The lowest BCUT2D eigenvalue weighted by molar-refractivity contribution is -0.135. The fourth-order valence-corrected chi connectivity index (χ4v) is 7.34. The van der Waals surface area contributed by atoms with E-state index in [1.165, 1.54) is 26.4 Å². The first-order valence-electron chi connectivity index (χ1n) is 20.7. The fraction of sp³-hybridized carbons (Fsp3) is 0.347. The molecule has 0 spiro atoms. The summed E-state index contributed by atoms with van der Waals surface area (Å²) >= 11 is 23.7. The maximum Gasteiger partial charge on any atom is 0.311 e. The first-order valence-corrected chi connectivity index (χ1v) is 22.8. The third-order valence-electron chi connectivity index (χ3n) is 9.81. The van der Waals surface area contributed by atoms with Crippen molar-refractivity contribution in [2.45, 2.75) is 44.9 Å². The second-order valence-corrected chi connectivity index (χ2v) is 15.8. The minimum atomic E-state index is -0.398. The molecule has 0 aromatic heterocycles. The number of methoxy groups -OCH3 is 2. The normalized spacial score (nSPS) is 11.1. The Morgan fingerprint density at radius 2 is 0.873 bits per heavy atom. The fourth-order valence-electron chi connectivity index (χ4n) is 6.53. The number of hydrogen-bond acceptors (Lipinski definition) is 10. The Balaban J connectivity index is 1.20. The standard InChI is InChI=1S/C49H54Cl4N2O8/c1-60-46-33-38(15-23-44(46)62-48(58)7-3-5-36-9-17-40(18-10-36)54(29-25-50)30-26-51)13-21-42(56)35-43(57)22-14-39-16-24-45(47(34-39)61-2)63-49(59)8-4-6-37-11-19-41(20-12-37)55(31-27-52)32-28-53/h9-24,33-34H,3-8,25-32,35H2,1-2H3/b21-13+,22-14+. The molecule has 14 heteroatoms. The van der Waals surface area contributed by atoms with E-state index in [0.29, 0.717) is 98.0 Å². The first-order chi connectivity index (χ1) is 30.6. The van der Waals surface area contributed by atoms with Crippen LogP contribution in [0.15, 0.2) is 97.1 Å². The molecule has 4 aromatic carbocycles. The maximum atomic E-state index is 12.7. The highest BCUT2D eigenvalue weighted by Crippen LogP contribution is 2.31. The average Bonchev–Trinajstić information content (AvgIpc) is 3.28. The summed E-state index contributed by atoms with van der Waals surface area (Å²) in [7, 11) is 2.92. The topological polar surface area (TPSA) is 112 Å². The summed E-state index contributed by atoms with van der Waals surface area (Å²) < 4.78 is 22.1. The van der Waals surface area contributed by atoms with E-state index < -0.39 is 23.5 Å². The van der Waals surface area contributed by atoms with Crippen molar-refractivity contribution in [1.82, 2.24) is 0 Å². The number of halogens is 4. The Bertz CT molecular complexity index is 1980. The molecule has 4 rings (SSSR count). The van der Waals surface area contributed by atoms with Gasteiger partial charge in [0.2, 0.25) is 0 Å². The molecule has 0 aliphatic carbocycles. The van der Waals surface area contributed by atoms with Gasteiger partial charge >= 0.3 is 11.9 Å². The molecule has 0 unspecified atom stereocenters. The third-order valence-corrected chi connectivity index (χ3v) is 10.5. The van der Waals surface area contributed by atoms with E-state index in [4.69, 9.17) is 65.4 Å². The van der Waals surface area contributed by atoms with Crippen molar-refractivity contribution in [3.8, 4) is 23.0 Å². The van der Waals surface area contributed by atoms with Crippen LogP contribution in [0.4, 0.5) is 11.4 Å². The maximum absolute atomic E-state index is 12.7. The Morgan fingerprint density at radius 3 is 1.21 bits per heavy atom. The molecule has 0 aliphatic heterocycles. The van der Waals surface area contributed by atoms with Gasteiger partial charge in [-0.2, -0.15) is 0 Å². The number of ketones is 2. The Labute approximate surface area is 390 Å². The summed E-state index contributed by atoms with van der Waals surface area (Å²) in [4.78, 5) is 54.9. The summed E-state index contributed by atoms with van der Waals surface area (Å²) in [5, 5.41) is 0. The van der Waals surface area contributed by atoms with E-state index in [9.17, 15) is 19.2 Å². The van der Waals surface area contributed by atoms with Crippen LogP contribution < -0.4 is 28.7 Å². The minimum absolute atomic E-state index is 0.215. The van der Waals surface area contributed by atoms with Crippen molar-refractivity contribution in [3.63, 3.8) is 0 Å². The summed E-state index contributed by atoms with van der Waals surface area (Å²) in [5.74, 6) is 1.65. The van der Waals surface area contributed by atoms with E-state index in [1.54, 1.807) is 48.6 Å². The second kappa shape index (κ2) is 27.9. The number of allylic oxidation sites excluding steroid dienone is 2. The quantitative estimate of drug-likeness (QED) is 0.0179. The molecule has 63 heavy (non-hydrogen) atoms. The van der Waals surface area contributed by atoms with Crippen LogP contribution in [0, 0.1) is 0 Å². The largest absolute Gasteiger partial charge is 0.493 e. The summed E-state index contributed by atoms with van der Waals surface area (Å²) in [6.07, 6.45) is 8.46. The number of aryl methyl sites for hydroxylation is 2. The molecule has 0 aliphatic rings. The predicted molar refractivity (Wildman–Crippen MR) is 256 cm³/mol. The van der Waals surface area contributed by atoms with Crippen molar-refractivity contribution in [1.29, 1.82) is 0 Å². The van der Waals surface area contributed by atoms with Gasteiger partial charge in [-0.25, -0.2) is 0 Å². The molecule has 0 saturated carbocycles. The molecule has 0 atom stereocenters. The van der Waals surface area contributed by atoms with Gasteiger partial charge < -0.3 is 28.7 Å². The monoisotopic (exact) mass is 938 g/mol. The zero-order chi connectivity index (χ0) is 45.4. The number of nitrogens with zero attached hydrogens (tertiary/aromatic N) is 2. The molecule has 4 aromatic rings. The molecule has 0 saturated heterocycles. The van der Waals surface area contributed by atoms with Gasteiger partial charge in [-0.1, -0.05) is 48.6 Å². The van der Waals surface area contributed by atoms with E-state index in [2.05, 4.69) is 9.80 Å². The van der Waals surface area contributed by atoms with E-state index in [0.717, 1.165) is 22.5 Å². The molecular formula is C49H54Cl4N2O8. The molecule has 10 nitrogen and oxygen atoms in total. The summed E-state index contributed by atoms with van der Waals surface area (Å²) in [5.41, 5.74) is 5.55. The third kappa shape index (κ3) is 17.6. The molecule has 0 bridgehead atoms. The van der Waals surface area contributed by atoms with Crippen molar-refractivity contribution in [3.05, 3.63) is 119 Å². The number of carbonyl (C=O) groups excluding carboxylic acids is 4. The van der Waals surface area contributed by atoms with Gasteiger partial charge in [0.1, 0.15) is 0 Å². The van der Waals surface area contributed by atoms with Crippen LogP contribution in [0.1, 0.15) is 54.4 Å². The molecule has 0 amide bonds. The predicted octanol–water partition coefficient (Wildman–Crippen LogP) is 10.4. The van der Waals surface area contributed by atoms with Gasteiger partial charge in [-0.3, -0.25) is 19.2 Å². The van der Waals surface area contributed by atoms with Gasteiger partial charge in [-0.15, -0.1) is 46.4 Å². The molecule has 0 N–H and O–H groups in total. The Kier molecular flexibility index (Phi) is 22.5. The van der Waals surface area contributed by atoms with Gasteiger partial charge in [0, 0.05) is 73.9 Å². The molecule has 0 heterocycles. The van der Waals surface area contributed by atoms with Gasteiger partial charge in [0.15, 0.2) is 34.6 Å². The number of ether oxygens (including phenoxy) is 4. The molecule has 0 fully saturated rings. The zero-order valence-corrected chi connectivity index (χ0v) is 38.7. The highest BCUT2D eigenvalue weighted by Gasteiger charge is 2.14. The minimum Gasteiger partial charge on any atom is -0.493 e. The Morgan fingerprint density at radius 1 is 0.508 bits per heavy atom. The Hall–Kier alpha value is -5.00. The number of benzene rings is 4. The van der Waals surface area contributed by atoms with Crippen LogP contribution in [0.2, 0.25) is 0 Å². The zero-order valence-electron chi connectivity index (χ0n) is 35.7. The van der Waals surface area contributed by atoms with Crippen molar-refractivity contribution in [2.24, 2.45) is 0 Å². The van der Waals surface area contributed by atoms with Crippen LogP contribution >= 0.6 is 46.4 Å². The van der Waals surface area contributed by atoms with Crippen molar-refractivity contribution < 1.29 is 38.1 Å². The van der Waals surface area contributed by atoms with Gasteiger partial charge in [0.25, 0.3) is 0 Å². The lowest BCUT2D eigenvalue weighted by Gasteiger charge is -2.23. The van der Waals surface area contributed by atoms with E-state index >= 15 is 0 Å². The molecule has 336 valence electrons. The van der Waals surface area contributed by atoms with E-state index in [1.807, 2.05) is 48.5 Å². The number of anilines is 2. The van der Waals surface area contributed by atoms with Crippen LogP contribution in [0.3, 0.4) is 0 Å². The highest BCUT2D eigenvalue weighted by molar-refractivity contribution is 6.19. The van der Waals surface area contributed by atoms with Crippen LogP contribution in [-0.4, -0.2) is 87.4 Å². The first kappa shape index (κ1) is 50.6.